The van der Waals surface area contributed by atoms with Gasteiger partial charge in [-0.05, 0) is 12.0 Å². The van der Waals surface area contributed by atoms with Crippen molar-refractivity contribution in [2.45, 2.75) is 12.8 Å². The number of rotatable bonds is 7. The van der Waals surface area contributed by atoms with Crippen LogP contribution in [0.15, 0.2) is 5.11 Å². The number of hydrogen-bond donors (Lipinski definition) is 1. The summed E-state index contributed by atoms with van der Waals surface area (Å²) >= 11 is 0. The Hall–Kier alpha value is -1.26. The van der Waals surface area contributed by atoms with Crippen LogP contribution in [0.2, 0.25) is 0 Å². The van der Waals surface area contributed by atoms with Gasteiger partial charge in [0.2, 0.25) is 5.91 Å². The number of methoxy groups -OCH3 is 1. The van der Waals surface area contributed by atoms with Crippen LogP contribution in [0.4, 0.5) is 0 Å². The molecule has 0 radical (unpaired) electrons. The van der Waals surface area contributed by atoms with Gasteiger partial charge in [0.15, 0.2) is 0 Å². The first-order chi connectivity index (χ1) is 6.31. The van der Waals surface area contributed by atoms with E-state index in [1.807, 2.05) is 0 Å². The summed E-state index contributed by atoms with van der Waals surface area (Å²) in [6, 6.07) is 0. The van der Waals surface area contributed by atoms with Crippen LogP contribution in [0.5, 0.6) is 0 Å². The second-order valence-electron chi connectivity index (χ2n) is 2.40. The normalized spacial score (nSPS) is 9.00. The Balaban J connectivity index is 3.24. The molecule has 0 aromatic heterocycles. The van der Waals surface area contributed by atoms with E-state index in [1.165, 1.54) is 0 Å². The van der Waals surface area contributed by atoms with Crippen molar-refractivity contribution in [3.8, 4) is 0 Å². The molecule has 0 saturated carbocycles. The molecule has 0 heterocycles. The van der Waals surface area contributed by atoms with Crippen molar-refractivity contribution < 1.29 is 9.53 Å². The van der Waals surface area contributed by atoms with Gasteiger partial charge < -0.3 is 10.1 Å². The standard InChI is InChI=1S/C7H14N4O2/c1-13-6-2-3-7(12)9-4-5-10-11-8/h2-6H2,1H3,(H,9,12). The van der Waals surface area contributed by atoms with Crippen LogP contribution >= 0.6 is 0 Å². The van der Waals surface area contributed by atoms with E-state index >= 15 is 0 Å². The zero-order valence-electron chi connectivity index (χ0n) is 7.69. The lowest BCUT2D eigenvalue weighted by molar-refractivity contribution is -0.121. The number of amides is 1. The fourth-order valence-corrected chi connectivity index (χ4v) is 0.755. The molecule has 6 heteroatoms. The number of carbonyl (C=O) groups is 1. The van der Waals surface area contributed by atoms with Crippen molar-refractivity contribution in [2.24, 2.45) is 5.11 Å². The fourth-order valence-electron chi connectivity index (χ4n) is 0.755. The minimum absolute atomic E-state index is 0.0369. The van der Waals surface area contributed by atoms with Crippen LogP contribution in [0.25, 0.3) is 10.4 Å². The van der Waals surface area contributed by atoms with Crippen LogP contribution in [0, 0.1) is 0 Å². The van der Waals surface area contributed by atoms with Crippen LogP contribution in [-0.4, -0.2) is 32.7 Å². The lowest BCUT2D eigenvalue weighted by Crippen LogP contribution is -2.25. The number of hydrogen-bond acceptors (Lipinski definition) is 3. The molecule has 0 aliphatic carbocycles. The molecule has 0 aromatic carbocycles. The van der Waals surface area contributed by atoms with Gasteiger partial charge in [0.05, 0.1) is 0 Å². The third kappa shape index (κ3) is 8.65. The van der Waals surface area contributed by atoms with Crippen molar-refractivity contribution in [3.05, 3.63) is 10.4 Å². The highest BCUT2D eigenvalue weighted by Gasteiger charge is 1.98. The largest absolute Gasteiger partial charge is 0.385 e. The average molecular weight is 186 g/mol. The van der Waals surface area contributed by atoms with Crippen LogP contribution in [0.3, 0.4) is 0 Å². The Labute approximate surface area is 76.9 Å². The van der Waals surface area contributed by atoms with Gasteiger partial charge in [0.1, 0.15) is 0 Å². The third-order valence-electron chi connectivity index (χ3n) is 1.35. The summed E-state index contributed by atoms with van der Waals surface area (Å²) in [7, 11) is 1.60. The minimum Gasteiger partial charge on any atom is -0.385 e. The molecule has 1 N–H and O–H groups in total. The fraction of sp³-hybridized carbons (Fsp3) is 0.857. The van der Waals surface area contributed by atoms with Gasteiger partial charge in [-0.2, -0.15) is 0 Å². The lowest BCUT2D eigenvalue weighted by Gasteiger charge is -2.01. The summed E-state index contributed by atoms with van der Waals surface area (Å²) in [4.78, 5) is 13.5. The van der Waals surface area contributed by atoms with E-state index in [0.717, 1.165) is 0 Å². The zero-order valence-corrected chi connectivity index (χ0v) is 7.69. The van der Waals surface area contributed by atoms with Crippen molar-refractivity contribution in [1.29, 1.82) is 0 Å². The summed E-state index contributed by atoms with van der Waals surface area (Å²) in [6.45, 7) is 1.28. The highest BCUT2D eigenvalue weighted by atomic mass is 16.5. The van der Waals surface area contributed by atoms with Gasteiger partial charge >= 0.3 is 0 Å². The van der Waals surface area contributed by atoms with E-state index in [-0.39, 0.29) is 5.91 Å². The molecular weight excluding hydrogens is 172 g/mol. The maximum atomic E-state index is 11.0. The Morgan fingerprint density at radius 3 is 3.08 bits per heavy atom. The molecule has 0 spiro atoms. The predicted molar refractivity (Wildman–Crippen MR) is 48.1 cm³/mol. The molecule has 0 atom stereocenters. The van der Waals surface area contributed by atoms with Crippen LogP contribution in [-0.2, 0) is 9.53 Å². The van der Waals surface area contributed by atoms with Gasteiger partial charge in [0.25, 0.3) is 0 Å². The van der Waals surface area contributed by atoms with Crippen molar-refractivity contribution in [3.63, 3.8) is 0 Å². The van der Waals surface area contributed by atoms with E-state index in [1.54, 1.807) is 7.11 Å². The number of nitrogens with zero attached hydrogens (tertiary/aromatic N) is 3. The van der Waals surface area contributed by atoms with E-state index in [0.29, 0.717) is 32.5 Å². The first kappa shape index (κ1) is 11.7. The molecule has 0 aliphatic heterocycles. The topological polar surface area (TPSA) is 87.1 Å². The third-order valence-corrected chi connectivity index (χ3v) is 1.35. The number of carbonyl (C=O) groups excluding carboxylic acids is 1. The zero-order chi connectivity index (χ0) is 9.94. The summed E-state index contributed by atoms with van der Waals surface area (Å²) in [5.41, 5.74) is 7.93. The SMILES string of the molecule is COCCCC(=O)NCCN=[N+]=[N-]. The van der Waals surface area contributed by atoms with Gasteiger partial charge in [-0.25, -0.2) is 0 Å². The maximum absolute atomic E-state index is 11.0. The number of azide groups is 1. The molecule has 0 aliphatic rings. The van der Waals surface area contributed by atoms with Crippen LogP contribution < -0.4 is 5.32 Å². The lowest BCUT2D eigenvalue weighted by atomic mass is 10.3. The molecule has 74 valence electrons. The molecule has 0 rings (SSSR count). The van der Waals surface area contributed by atoms with Gasteiger partial charge in [-0.15, -0.1) is 0 Å². The first-order valence-corrected chi connectivity index (χ1v) is 4.07. The maximum Gasteiger partial charge on any atom is 0.220 e. The summed E-state index contributed by atoms with van der Waals surface area (Å²) < 4.78 is 4.79. The number of nitrogens with one attached hydrogen (secondary N) is 1. The van der Waals surface area contributed by atoms with E-state index < -0.39 is 0 Å². The molecule has 6 nitrogen and oxygen atoms in total. The Morgan fingerprint density at radius 2 is 2.46 bits per heavy atom. The Morgan fingerprint density at radius 1 is 1.69 bits per heavy atom. The number of ether oxygens (including phenoxy) is 1. The average Bonchev–Trinajstić information content (AvgIpc) is 2.13. The molecule has 0 unspecified atom stereocenters. The summed E-state index contributed by atoms with van der Waals surface area (Å²) in [6.07, 6.45) is 1.16. The van der Waals surface area contributed by atoms with Crippen molar-refractivity contribution >= 4 is 5.91 Å². The summed E-state index contributed by atoms with van der Waals surface area (Å²) in [5.74, 6) is -0.0369. The summed E-state index contributed by atoms with van der Waals surface area (Å²) in [5, 5.41) is 5.90. The van der Waals surface area contributed by atoms with E-state index in [9.17, 15) is 4.79 Å². The second-order valence-corrected chi connectivity index (χ2v) is 2.40. The Bertz CT molecular complexity index is 189. The van der Waals surface area contributed by atoms with Gasteiger partial charge in [-0.1, -0.05) is 5.11 Å². The molecule has 1 amide bonds. The molecule has 0 fully saturated rings. The Kier molecular flexibility index (Phi) is 7.98. The molecule has 0 saturated heterocycles. The van der Waals surface area contributed by atoms with Crippen molar-refractivity contribution in [2.75, 3.05) is 26.8 Å². The van der Waals surface area contributed by atoms with Gasteiger partial charge in [-0.3, -0.25) is 4.79 Å². The first-order valence-electron chi connectivity index (χ1n) is 4.07. The monoisotopic (exact) mass is 186 g/mol. The second kappa shape index (κ2) is 8.83. The van der Waals surface area contributed by atoms with Gasteiger partial charge in [0, 0.05) is 38.1 Å². The van der Waals surface area contributed by atoms with E-state index in [2.05, 4.69) is 15.3 Å². The molecule has 0 bridgehead atoms. The van der Waals surface area contributed by atoms with Crippen molar-refractivity contribution in [1.82, 2.24) is 5.32 Å². The highest BCUT2D eigenvalue weighted by Crippen LogP contribution is 1.88. The minimum atomic E-state index is -0.0369. The predicted octanol–water partition coefficient (Wildman–Crippen LogP) is 0.839. The van der Waals surface area contributed by atoms with E-state index in [4.69, 9.17) is 10.3 Å². The smallest absolute Gasteiger partial charge is 0.220 e. The molecular formula is C7H14N4O2. The highest BCUT2D eigenvalue weighted by molar-refractivity contribution is 5.75. The quantitative estimate of drug-likeness (QED) is 0.276. The van der Waals surface area contributed by atoms with Crippen LogP contribution in [0.1, 0.15) is 12.8 Å². The molecule has 13 heavy (non-hydrogen) atoms. The molecule has 0 aromatic rings.